The SMILES string of the molecule is C[C@@H]1CCCc2nccc(OC[C@H](C[C@@H]3Cc4ccccc4C34CCC(Nc3cccc(Cl)c3)(C(=O)O)CC4)C(F)F)c21. The molecule has 0 saturated heterocycles. The molecule has 0 bridgehead atoms. The second kappa shape index (κ2) is 12.1. The van der Waals surface area contributed by atoms with Crippen molar-refractivity contribution in [2.45, 2.75) is 88.0 Å². The molecule has 3 aliphatic carbocycles. The number of carboxylic acids is 1. The number of hydrogen-bond donors (Lipinski definition) is 2. The molecule has 6 rings (SSSR count). The maximum Gasteiger partial charge on any atom is 0.329 e. The number of fused-ring (bicyclic) bond motifs is 3. The van der Waals surface area contributed by atoms with Gasteiger partial charge >= 0.3 is 5.97 Å². The van der Waals surface area contributed by atoms with Crippen LogP contribution in [0.1, 0.15) is 80.2 Å². The van der Waals surface area contributed by atoms with Crippen LogP contribution >= 0.6 is 11.6 Å². The summed E-state index contributed by atoms with van der Waals surface area (Å²) >= 11 is 6.18. The summed E-state index contributed by atoms with van der Waals surface area (Å²) in [4.78, 5) is 17.2. The van der Waals surface area contributed by atoms with Crippen molar-refractivity contribution in [1.29, 1.82) is 0 Å². The Morgan fingerprint density at radius 1 is 1.14 bits per heavy atom. The highest BCUT2D eigenvalue weighted by molar-refractivity contribution is 6.30. The number of carbonyl (C=O) groups is 1. The average Bonchev–Trinajstić information content (AvgIpc) is 3.28. The smallest absolute Gasteiger partial charge is 0.329 e. The van der Waals surface area contributed by atoms with Crippen LogP contribution in [0.2, 0.25) is 5.02 Å². The van der Waals surface area contributed by atoms with Crippen LogP contribution in [-0.4, -0.2) is 34.6 Å². The second-order valence-electron chi connectivity index (χ2n) is 12.8. The van der Waals surface area contributed by atoms with E-state index in [-0.39, 0.29) is 17.9 Å². The molecule has 0 unspecified atom stereocenters. The standard InChI is InChI=1S/C35H39ClF2N2O3/c1-22-6-4-11-29-31(22)30(12-17-39-29)43-21-24(32(37)38)19-25-18-23-7-2-3-10-28(23)34(25)13-15-35(16-14-34,33(41)42)40-27-9-5-8-26(36)20-27/h2-3,5,7-10,12,17,20,22,24-25,32,40H,4,6,11,13-16,18-19,21H2,1H3,(H,41,42)/t22-,24+,25+,34?,35?/m1/s1. The monoisotopic (exact) mass is 608 g/mol. The fourth-order valence-corrected chi connectivity index (χ4v) is 8.27. The highest BCUT2D eigenvalue weighted by Gasteiger charge is 2.54. The Hall–Kier alpha value is -3.19. The maximum atomic E-state index is 14.7. The van der Waals surface area contributed by atoms with E-state index in [1.165, 1.54) is 11.1 Å². The van der Waals surface area contributed by atoms with Crippen molar-refractivity contribution in [3.63, 3.8) is 0 Å². The number of nitrogens with one attached hydrogen (secondary N) is 1. The summed E-state index contributed by atoms with van der Waals surface area (Å²) < 4.78 is 35.5. The zero-order valence-corrected chi connectivity index (χ0v) is 25.3. The number of pyridine rings is 1. The zero-order valence-electron chi connectivity index (χ0n) is 24.5. The van der Waals surface area contributed by atoms with Gasteiger partial charge in [0.25, 0.3) is 0 Å². The first kappa shape index (κ1) is 29.9. The van der Waals surface area contributed by atoms with Gasteiger partial charge in [-0.05, 0) is 110 Å². The highest BCUT2D eigenvalue weighted by Crippen LogP contribution is 2.56. The quantitative estimate of drug-likeness (QED) is 0.255. The average molecular weight is 609 g/mol. The topological polar surface area (TPSA) is 71.5 Å². The Morgan fingerprint density at radius 3 is 2.67 bits per heavy atom. The van der Waals surface area contributed by atoms with Gasteiger partial charge in [-0.25, -0.2) is 13.6 Å². The van der Waals surface area contributed by atoms with Crippen LogP contribution in [0.15, 0.2) is 60.8 Å². The molecular weight excluding hydrogens is 570 g/mol. The number of carboxylic acid groups (broad SMARTS) is 1. The minimum absolute atomic E-state index is 0.0317. The molecule has 1 aromatic heterocycles. The van der Waals surface area contributed by atoms with E-state index in [4.69, 9.17) is 16.3 Å². The van der Waals surface area contributed by atoms with Crippen molar-refractivity contribution in [2.75, 3.05) is 11.9 Å². The molecule has 1 heterocycles. The number of halogens is 3. The van der Waals surface area contributed by atoms with E-state index < -0.39 is 23.9 Å². The van der Waals surface area contributed by atoms with Crippen molar-refractivity contribution >= 4 is 23.3 Å². The molecule has 0 amide bonds. The van der Waals surface area contributed by atoms with E-state index in [0.717, 1.165) is 30.5 Å². The molecule has 3 atom stereocenters. The molecule has 1 saturated carbocycles. The lowest BCUT2D eigenvalue weighted by Crippen LogP contribution is -2.53. The first-order chi connectivity index (χ1) is 20.7. The van der Waals surface area contributed by atoms with E-state index in [9.17, 15) is 18.7 Å². The maximum absolute atomic E-state index is 14.7. The zero-order chi connectivity index (χ0) is 30.2. The summed E-state index contributed by atoms with van der Waals surface area (Å²) in [5, 5.41) is 14.2. The van der Waals surface area contributed by atoms with Crippen molar-refractivity contribution < 1.29 is 23.4 Å². The van der Waals surface area contributed by atoms with E-state index in [1.807, 2.05) is 24.3 Å². The number of aliphatic carboxylic acids is 1. The van der Waals surface area contributed by atoms with Gasteiger partial charge in [0.15, 0.2) is 0 Å². The first-order valence-electron chi connectivity index (χ1n) is 15.4. The highest BCUT2D eigenvalue weighted by atomic mass is 35.5. The Bertz CT molecular complexity index is 1470. The Balaban J connectivity index is 1.23. The summed E-state index contributed by atoms with van der Waals surface area (Å²) in [5.74, 6) is -0.894. The molecule has 3 aliphatic rings. The molecule has 2 aromatic carbocycles. The second-order valence-corrected chi connectivity index (χ2v) is 13.3. The lowest BCUT2D eigenvalue weighted by Gasteiger charge is -2.47. The number of aromatic nitrogens is 1. The van der Waals surface area contributed by atoms with Crippen molar-refractivity contribution in [3.8, 4) is 5.75 Å². The number of nitrogens with zero attached hydrogens (tertiary/aromatic N) is 1. The number of anilines is 1. The summed E-state index contributed by atoms with van der Waals surface area (Å²) in [6.07, 6.45) is 5.20. The summed E-state index contributed by atoms with van der Waals surface area (Å²) in [7, 11) is 0. The molecule has 228 valence electrons. The van der Waals surface area contributed by atoms with E-state index in [0.29, 0.717) is 60.9 Å². The summed E-state index contributed by atoms with van der Waals surface area (Å²) in [6, 6.07) is 17.1. The van der Waals surface area contributed by atoms with Gasteiger partial charge in [-0.3, -0.25) is 4.98 Å². The Labute approximate surface area is 257 Å². The van der Waals surface area contributed by atoms with E-state index in [1.54, 1.807) is 24.4 Å². The van der Waals surface area contributed by atoms with Gasteiger partial charge in [-0.2, -0.15) is 0 Å². The van der Waals surface area contributed by atoms with E-state index >= 15 is 0 Å². The molecule has 8 heteroatoms. The van der Waals surface area contributed by atoms with Crippen LogP contribution in [0, 0.1) is 11.8 Å². The van der Waals surface area contributed by atoms with Gasteiger partial charge in [0.1, 0.15) is 11.3 Å². The minimum Gasteiger partial charge on any atom is -0.493 e. The van der Waals surface area contributed by atoms with Crippen LogP contribution in [0.4, 0.5) is 14.5 Å². The van der Waals surface area contributed by atoms with Crippen LogP contribution in [0.3, 0.4) is 0 Å². The van der Waals surface area contributed by atoms with Gasteiger partial charge < -0.3 is 15.2 Å². The summed E-state index contributed by atoms with van der Waals surface area (Å²) in [6.45, 7) is 2.09. The lowest BCUT2D eigenvalue weighted by molar-refractivity contribution is -0.144. The van der Waals surface area contributed by atoms with Crippen molar-refractivity contribution in [3.05, 3.63) is 88.2 Å². The predicted molar refractivity (Wildman–Crippen MR) is 164 cm³/mol. The number of aryl methyl sites for hydroxylation is 1. The summed E-state index contributed by atoms with van der Waals surface area (Å²) in [5.41, 5.74) is 3.61. The third kappa shape index (κ3) is 5.73. The molecule has 1 spiro atoms. The van der Waals surface area contributed by atoms with Gasteiger partial charge in [-0.1, -0.05) is 48.9 Å². The molecule has 5 nitrogen and oxygen atoms in total. The number of ether oxygens (including phenoxy) is 1. The molecule has 0 aliphatic heterocycles. The third-order valence-corrected chi connectivity index (χ3v) is 10.6. The van der Waals surface area contributed by atoms with E-state index in [2.05, 4.69) is 29.4 Å². The Kier molecular flexibility index (Phi) is 8.38. The number of rotatable bonds is 9. The Morgan fingerprint density at radius 2 is 1.93 bits per heavy atom. The number of benzene rings is 2. The fourth-order valence-electron chi connectivity index (χ4n) is 8.08. The molecule has 3 aromatic rings. The van der Waals surface area contributed by atoms with Crippen LogP contribution in [0.5, 0.6) is 5.75 Å². The lowest BCUT2D eigenvalue weighted by atomic mass is 9.59. The minimum atomic E-state index is -2.53. The third-order valence-electron chi connectivity index (χ3n) is 10.4. The first-order valence-corrected chi connectivity index (χ1v) is 15.8. The normalized spacial score (nSPS) is 27.0. The van der Waals surface area contributed by atoms with Crippen molar-refractivity contribution in [1.82, 2.24) is 4.98 Å². The predicted octanol–water partition coefficient (Wildman–Crippen LogP) is 8.44. The molecule has 43 heavy (non-hydrogen) atoms. The van der Waals surface area contributed by atoms with Gasteiger partial charge in [0, 0.05) is 28.2 Å². The number of alkyl halides is 2. The van der Waals surface area contributed by atoms with Gasteiger partial charge in [0.05, 0.1) is 12.5 Å². The van der Waals surface area contributed by atoms with Gasteiger partial charge in [-0.15, -0.1) is 0 Å². The molecular formula is C35H39ClF2N2O3. The van der Waals surface area contributed by atoms with Crippen LogP contribution in [0.25, 0.3) is 0 Å². The van der Waals surface area contributed by atoms with Crippen molar-refractivity contribution in [2.24, 2.45) is 11.8 Å². The van der Waals surface area contributed by atoms with Crippen LogP contribution < -0.4 is 10.1 Å². The molecule has 0 radical (unpaired) electrons. The van der Waals surface area contributed by atoms with Crippen LogP contribution in [-0.2, 0) is 23.1 Å². The fraction of sp³-hybridized carbons (Fsp3) is 0.486. The number of hydrogen-bond acceptors (Lipinski definition) is 4. The molecule has 1 fully saturated rings. The largest absolute Gasteiger partial charge is 0.493 e. The molecule has 2 N–H and O–H groups in total. The van der Waals surface area contributed by atoms with Gasteiger partial charge in [0.2, 0.25) is 6.43 Å².